The van der Waals surface area contributed by atoms with Gasteiger partial charge in [-0.15, -0.1) is 0 Å². The molecule has 0 N–H and O–H groups in total. The van der Waals surface area contributed by atoms with Crippen molar-refractivity contribution >= 4 is 39.4 Å². The lowest BCUT2D eigenvalue weighted by atomic mass is 10.2. The number of nitro benzene ring substituents is 1. The number of aromatic nitrogens is 2. The van der Waals surface area contributed by atoms with Crippen LogP contribution in [0.1, 0.15) is 0 Å². The van der Waals surface area contributed by atoms with Crippen molar-refractivity contribution in [3.63, 3.8) is 0 Å². The van der Waals surface area contributed by atoms with Gasteiger partial charge in [0.15, 0.2) is 0 Å². The van der Waals surface area contributed by atoms with Crippen molar-refractivity contribution in [2.45, 2.75) is 0 Å². The first kappa shape index (κ1) is 14.4. The van der Waals surface area contributed by atoms with Crippen LogP contribution in [-0.2, 0) is 0 Å². The van der Waals surface area contributed by atoms with E-state index < -0.39 is 4.92 Å². The molecule has 4 aromatic rings. The summed E-state index contributed by atoms with van der Waals surface area (Å²) in [5.74, 6) is 0.426. The average molecular weight is 342 g/mol. The molecule has 4 rings (SSSR count). The molecule has 0 fully saturated rings. The average Bonchev–Trinajstić information content (AvgIpc) is 2.96. The van der Waals surface area contributed by atoms with Gasteiger partial charge in [-0.3, -0.25) is 10.1 Å². The minimum atomic E-state index is -0.530. The molecule has 0 radical (unpaired) electrons. The fourth-order valence-corrected chi connectivity index (χ4v) is 2.58. The van der Waals surface area contributed by atoms with Crippen LogP contribution in [-0.4, -0.2) is 14.9 Å². The highest BCUT2D eigenvalue weighted by molar-refractivity contribution is 6.32. The molecule has 0 saturated heterocycles. The van der Waals surface area contributed by atoms with Crippen LogP contribution in [0.5, 0.6) is 11.6 Å². The summed E-state index contributed by atoms with van der Waals surface area (Å²) in [5.41, 5.74) is 1.54. The molecule has 0 aliphatic rings. The molecule has 0 amide bonds. The standard InChI is InChI=1S/C16H8ClN3O4/c17-11-7-9(20(21)22)5-6-13(11)24-16-15-14(18-8-19-16)10-3-1-2-4-12(10)23-15/h1-8H. The number of benzene rings is 2. The fraction of sp³-hybridized carbons (Fsp3) is 0. The van der Waals surface area contributed by atoms with Gasteiger partial charge in [0, 0.05) is 17.5 Å². The minimum Gasteiger partial charge on any atom is -0.449 e. The molecule has 2 aromatic heterocycles. The summed E-state index contributed by atoms with van der Waals surface area (Å²) in [7, 11) is 0. The van der Waals surface area contributed by atoms with Gasteiger partial charge in [-0.1, -0.05) is 23.7 Å². The zero-order valence-electron chi connectivity index (χ0n) is 12.0. The topological polar surface area (TPSA) is 91.3 Å². The highest BCUT2D eigenvalue weighted by Gasteiger charge is 2.17. The SMILES string of the molecule is O=[N+]([O-])c1ccc(Oc2ncnc3c2oc2ccccc23)c(Cl)c1. The summed E-state index contributed by atoms with van der Waals surface area (Å²) in [4.78, 5) is 18.5. The van der Waals surface area contributed by atoms with Crippen LogP contribution in [0.4, 0.5) is 5.69 Å². The van der Waals surface area contributed by atoms with E-state index in [4.69, 9.17) is 20.8 Å². The Labute approximate surface area is 139 Å². The van der Waals surface area contributed by atoms with Gasteiger partial charge in [0.25, 0.3) is 11.6 Å². The van der Waals surface area contributed by atoms with E-state index in [1.165, 1.54) is 24.5 Å². The zero-order chi connectivity index (χ0) is 16.7. The number of para-hydroxylation sites is 1. The molecular weight excluding hydrogens is 334 g/mol. The van der Waals surface area contributed by atoms with E-state index in [2.05, 4.69) is 9.97 Å². The smallest absolute Gasteiger partial charge is 0.271 e. The quantitative estimate of drug-likeness (QED) is 0.395. The van der Waals surface area contributed by atoms with Crippen LogP contribution >= 0.6 is 11.6 Å². The number of furan rings is 1. The number of non-ortho nitro benzene ring substituents is 1. The summed E-state index contributed by atoms with van der Waals surface area (Å²) >= 11 is 6.05. The summed E-state index contributed by atoms with van der Waals surface area (Å²) in [6.45, 7) is 0. The Hall–Kier alpha value is -3.19. The molecule has 0 saturated carbocycles. The van der Waals surface area contributed by atoms with Crippen molar-refractivity contribution in [3.05, 3.63) is 63.9 Å². The van der Waals surface area contributed by atoms with Gasteiger partial charge in [-0.25, -0.2) is 4.98 Å². The summed E-state index contributed by atoms with van der Waals surface area (Å²) in [6, 6.07) is 11.4. The van der Waals surface area contributed by atoms with Crippen molar-refractivity contribution in [3.8, 4) is 11.6 Å². The molecule has 8 heteroatoms. The maximum Gasteiger partial charge on any atom is 0.271 e. The van der Waals surface area contributed by atoms with E-state index in [9.17, 15) is 10.1 Å². The molecule has 118 valence electrons. The van der Waals surface area contributed by atoms with Gasteiger partial charge in [-0.2, -0.15) is 4.98 Å². The lowest BCUT2D eigenvalue weighted by molar-refractivity contribution is -0.384. The highest BCUT2D eigenvalue weighted by Crippen LogP contribution is 2.36. The molecule has 0 aliphatic heterocycles. The summed E-state index contributed by atoms with van der Waals surface area (Å²) in [6.07, 6.45) is 1.36. The molecule has 2 heterocycles. The zero-order valence-corrected chi connectivity index (χ0v) is 12.7. The number of halogens is 1. The van der Waals surface area contributed by atoms with Crippen molar-refractivity contribution in [2.75, 3.05) is 0 Å². The molecule has 0 spiro atoms. The second-order valence-electron chi connectivity index (χ2n) is 4.93. The van der Waals surface area contributed by atoms with Gasteiger partial charge < -0.3 is 9.15 Å². The molecule has 0 aliphatic carbocycles. The second-order valence-corrected chi connectivity index (χ2v) is 5.34. The Morgan fingerprint density at radius 2 is 2.00 bits per heavy atom. The van der Waals surface area contributed by atoms with Crippen LogP contribution in [0, 0.1) is 10.1 Å². The van der Waals surface area contributed by atoms with Gasteiger partial charge >= 0.3 is 0 Å². The third-order valence-corrected chi connectivity index (χ3v) is 3.75. The molecule has 0 unspecified atom stereocenters. The Morgan fingerprint density at radius 3 is 2.79 bits per heavy atom. The normalized spacial score (nSPS) is 11.0. The van der Waals surface area contributed by atoms with Crippen LogP contribution in [0.2, 0.25) is 5.02 Å². The van der Waals surface area contributed by atoms with Gasteiger partial charge in [0.05, 0.1) is 9.95 Å². The van der Waals surface area contributed by atoms with Crippen LogP contribution in [0.15, 0.2) is 53.2 Å². The van der Waals surface area contributed by atoms with E-state index in [0.29, 0.717) is 16.7 Å². The first-order valence-electron chi connectivity index (χ1n) is 6.87. The Kier molecular flexibility index (Phi) is 3.28. The van der Waals surface area contributed by atoms with Crippen LogP contribution in [0.25, 0.3) is 22.1 Å². The van der Waals surface area contributed by atoms with E-state index >= 15 is 0 Å². The van der Waals surface area contributed by atoms with E-state index in [0.717, 1.165) is 5.39 Å². The number of hydrogen-bond donors (Lipinski definition) is 0. The first-order chi connectivity index (χ1) is 11.6. The minimum absolute atomic E-state index is 0.104. The number of nitrogens with zero attached hydrogens (tertiary/aromatic N) is 3. The van der Waals surface area contributed by atoms with Crippen LogP contribution < -0.4 is 4.74 Å². The molecular formula is C16H8ClN3O4. The monoisotopic (exact) mass is 341 g/mol. The van der Waals surface area contributed by atoms with E-state index in [-0.39, 0.29) is 22.3 Å². The highest BCUT2D eigenvalue weighted by atomic mass is 35.5. The maximum atomic E-state index is 10.8. The lowest BCUT2D eigenvalue weighted by Crippen LogP contribution is -1.92. The van der Waals surface area contributed by atoms with Crippen LogP contribution in [0.3, 0.4) is 0 Å². The largest absolute Gasteiger partial charge is 0.449 e. The number of nitro groups is 1. The van der Waals surface area contributed by atoms with Crippen molar-refractivity contribution < 1.29 is 14.1 Å². The number of hydrogen-bond acceptors (Lipinski definition) is 6. The van der Waals surface area contributed by atoms with Crippen molar-refractivity contribution in [2.24, 2.45) is 0 Å². The number of fused-ring (bicyclic) bond motifs is 3. The number of rotatable bonds is 3. The maximum absolute atomic E-state index is 10.8. The molecule has 0 atom stereocenters. The van der Waals surface area contributed by atoms with Gasteiger partial charge in [0.1, 0.15) is 23.2 Å². The fourth-order valence-electron chi connectivity index (χ4n) is 2.37. The Balaban J connectivity index is 1.81. The molecule has 0 bridgehead atoms. The number of ether oxygens (including phenoxy) is 1. The predicted molar refractivity (Wildman–Crippen MR) is 87.5 cm³/mol. The third-order valence-electron chi connectivity index (χ3n) is 3.46. The molecule has 24 heavy (non-hydrogen) atoms. The third kappa shape index (κ3) is 2.31. The molecule has 7 nitrogen and oxygen atoms in total. The summed E-state index contributed by atoms with van der Waals surface area (Å²) in [5, 5.41) is 11.7. The first-order valence-corrected chi connectivity index (χ1v) is 7.25. The molecule has 2 aromatic carbocycles. The Morgan fingerprint density at radius 1 is 1.17 bits per heavy atom. The lowest BCUT2D eigenvalue weighted by Gasteiger charge is -2.06. The second kappa shape index (κ2) is 5.47. The van der Waals surface area contributed by atoms with Gasteiger partial charge in [0.2, 0.25) is 5.58 Å². The van der Waals surface area contributed by atoms with E-state index in [1.54, 1.807) is 0 Å². The van der Waals surface area contributed by atoms with Crippen molar-refractivity contribution in [1.29, 1.82) is 0 Å². The van der Waals surface area contributed by atoms with Crippen molar-refractivity contribution in [1.82, 2.24) is 9.97 Å². The van der Waals surface area contributed by atoms with E-state index in [1.807, 2.05) is 24.3 Å². The Bertz CT molecular complexity index is 1090. The summed E-state index contributed by atoms with van der Waals surface area (Å²) < 4.78 is 11.4. The van der Waals surface area contributed by atoms with Gasteiger partial charge in [-0.05, 0) is 18.2 Å². The predicted octanol–water partition coefficient (Wildman–Crippen LogP) is 4.73.